The van der Waals surface area contributed by atoms with Gasteiger partial charge in [0.15, 0.2) is 10.4 Å². The molecule has 2 aromatic heterocycles. The van der Waals surface area contributed by atoms with Gasteiger partial charge in [0.1, 0.15) is 0 Å². The second kappa shape index (κ2) is 4.26. The van der Waals surface area contributed by atoms with Crippen LogP contribution in [0, 0.1) is 16.1 Å². The average molecular weight is 249 g/mol. The van der Waals surface area contributed by atoms with E-state index in [0.717, 1.165) is 22.5 Å². The van der Waals surface area contributed by atoms with Crippen molar-refractivity contribution in [3.05, 3.63) is 23.1 Å². The van der Waals surface area contributed by atoms with Crippen LogP contribution in [-0.4, -0.2) is 14.5 Å². The van der Waals surface area contributed by atoms with Crippen LogP contribution in [0.3, 0.4) is 0 Å². The van der Waals surface area contributed by atoms with Crippen LogP contribution in [0.5, 0.6) is 0 Å². The second-order valence-electron chi connectivity index (χ2n) is 5.53. The highest BCUT2D eigenvalue weighted by Gasteiger charge is 2.24. The molecule has 0 aromatic carbocycles. The SMILES string of the molecule is CC(C)C(C)(C)Cn1c(=S)[nH]c2cccnc21. The lowest BCUT2D eigenvalue weighted by Crippen LogP contribution is -2.25. The summed E-state index contributed by atoms with van der Waals surface area (Å²) in [4.78, 5) is 7.61. The molecular formula is C13H19N3S. The predicted molar refractivity (Wildman–Crippen MR) is 73.5 cm³/mol. The van der Waals surface area contributed by atoms with Gasteiger partial charge in [-0.25, -0.2) is 4.98 Å². The minimum Gasteiger partial charge on any atom is -0.329 e. The molecule has 2 rings (SSSR count). The Bertz CT molecular complexity index is 578. The number of nitrogens with one attached hydrogen (secondary N) is 1. The van der Waals surface area contributed by atoms with Crippen LogP contribution in [0.15, 0.2) is 18.3 Å². The first-order valence-electron chi connectivity index (χ1n) is 5.95. The van der Waals surface area contributed by atoms with Crippen LogP contribution in [0.4, 0.5) is 0 Å². The van der Waals surface area contributed by atoms with E-state index in [4.69, 9.17) is 12.2 Å². The van der Waals surface area contributed by atoms with Crippen LogP contribution in [0.2, 0.25) is 0 Å². The summed E-state index contributed by atoms with van der Waals surface area (Å²) in [5.41, 5.74) is 2.16. The Morgan fingerprint density at radius 3 is 2.82 bits per heavy atom. The summed E-state index contributed by atoms with van der Waals surface area (Å²) in [6, 6.07) is 3.93. The van der Waals surface area contributed by atoms with Crippen LogP contribution in [-0.2, 0) is 6.54 Å². The molecule has 17 heavy (non-hydrogen) atoms. The second-order valence-corrected chi connectivity index (χ2v) is 5.92. The predicted octanol–water partition coefficient (Wildman–Crippen LogP) is 3.78. The summed E-state index contributed by atoms with van der Waals surface area (Å²) >= 11 is 5.37. The van der Waals surface area contributed by atoms with Crippen molar-refractivity contribution in [3.63, 3.8) is 0 Å². The molecule has 0 saturated carbocycles. The van der Waals surface area contributed by atoms with Gasteiger partial charge >= 0.3 is 0 Å². The molecule has 0 aliphatic carbocycles. The molecule has 0 spiro atoms. The third-order valence-corrected chi connectivity index (χ3v) is 3.98. The van der Waals surface area contributed by atoms with Crippen molar-refractivity contribution in [1.82, 2.24) is 14.5 Å². The van der Waals surface area contributed by atoms with E-state index in [1.54, 1.807) is 0 Å². The zero-order chi connectivity index (χ0) is 12.6. The summed E-state index contributed by atoms with van der Waals surface area (Å²) in [6.45, 7) is 9.90. The molecule has 0 saturated heterocycles. The normalized spacial score (nSPS) is 12.5. The molecule has 1 N–H and O–H groups in total. The van der Waals surface area contributed by atoms with Gasteiger partial charge in [0.2, 0.25) is 0 Å². The van der Waals surface area contributed by atoms with E-state index in [2.05, 4.69) is 42.2 Å². The molecule has 0 bridgehead atoms. The first-order valence-corrected chi connectivity index (χ1v) is 6.36. The largest absolute Gasteiger partial charge is 0.329 e. The first kappa shape index (κ1) is 12.3. The highest BCUT2D eigenvalue weighted by atomic mass is 32.1. The lowest BCUT2D eigenvalue weighted by molar-refractivity contribution is 0.211. The van der Waals surface area contributed by atoms with Crippen LogP contribution in [0.25, 0.3) is 11.2 Å². The minimum absolute atomic E-state index is 0.199. The lowest BCUT2D eigenvalue weighted by atomic mass is 9.81. The molecule has 2 heterocycles. The average Bonchev–Trinajstić information content (AvgIpc) is 2.55. The summed E-state index contributed by atoms with van der Waals surface area (Å²) in [6.07, 6.45) is 1.81. The third kappa shape index (κ3) is 2.27. The van der Waals surface area contributed by atoms with E-state index in [0.29, 0.717) is 5.92 Å². The Kier molecular flexibility index (Phi) is 3.08. The molecule has 0 atom stereocenters. The third-order valence-electron chi connectivity index (χ3n) is 3.66. The number of rotatable bonds is 3. The number of imidazole rings is 1. The fourth-order valence-corrected chi connectivity index (χ4v) is 1.99. The molecule has 0 radical (unpaired) electrons. The van der Waals surface area contributed by atoms with Crippen molar-refractivity contribution in [3.8, 4) is 0 Å². The van der Waals surface area contributed by atoms with Crippen LogP contribution < -0.4 is 0 Å². The van der Waals surface area contributed by atoms with Crippen molar-refractivity contribution in [2.75, 3.05) is 0 Å². The van der Waals surface area contributed by atoms with E-state index in [1.165, 1.54) is 0 Å². The quantitative estimate of drug-likeness (QED) is 0.840. The van der Waals surface area contributed by atoms with Gasteiger partial charge in [0, 0.05) is 12.7 Å². The number of pyridine rings is 1. The molecule has 4 heteroatoms. The van der Waals surface area contributed by atoms with Crippen LogP contribution in [0.1, 0.15) is 27.7 Å². The van der Waals surface area contributed by atoms with Crippen molar-refractivity contribution in [2.45, 2.75) is 34.2 Å². The molecule has 0 unspecified atom stereocenters. The smallest absolute Gasteiger partial charge is 0.179 e. The number of hydrogen-bond acceptors (Lipinski definition) is 2. The maximum atomic E-state index is 5.37. The molecule has 0 aliphatic rings. The first-order chi connectivity index (χ1) is 7.92. The zero-order valence-corrected chi connectivity index (χ0v) is 11.6. The molecule has 0 amide bonds. The van der Waals surface area contributed by atoms with Gasteiger partial charge in [-0.2, -0.15) is 0 Å². The summed E-state index contributed by atoms with van der Waals surface area (Å²) < 4.78 is 2.86. The maximum Gasteiger partial charge on any atom is 0.179 e. The number of fused-ring (bicyclic) bond motifs is 1. The van der Waals surface area contributed by atoms with E-state index in [-0.39, 0.29) is 5.41 Å². The Labute approximate surface area is 107 Å². The van der Waals surface area contributed by atoms with Gasteiger partial charge in [-0.1, -0.05) is 27.7 Å². The number of nitrogens with zero attached hydrogens (tertiary/aromatic N) is 2. The van der Waals surface area contributed by atoms with Crippen molar-refractivity contribution in [2.24, 2.45) is 11.3 Å². The molecule has 3 nitrogen and oxygen atoms in total. The Balaban J connectivity index is 2.49. The van der Waals surface area contributed by atoms with Gasteiger partial charge in [0.25, 0.3) is 0 Å². The molecule has 0 aliphatic heterocycles. The van der Waals surface area contributed by atoms with Crippen molar-refractivity contribution < 1.29 is 0 Å². The maximum absolute atomic E-state index is 5.37. The Hall–Kier alpha value is -1.16. The van der Waals surface area contributed by atoms with Crippen molar-refractivity contribution in [1.29, 1.82) is 0 Å². The van der Waals surface area contributed by atoms with Gasteiger partial charge in [0.05, 0.1) is 5.52 Å². The van der Waals surface area contributed by atoms with Gasteiger partial charge in [-0.05, 0) is 35.7 Å². The highest BCUT2D eigenvalue weighted by molar-refractivity contribution is 7.71. The van der Waals surface area contributed by atoms with E-state index in [9.17, 15) is 0 Å². The number of aromatic nitrogens is 3. The number of hydrogen-bond donors (Lipinski definition) is 1. The highest BCUT2D eigenvalue weighted by Crippen LogP contribution is 2.29. The van der Waals surface area contributed by atoms with E-state index < -0.39 is 0 Å². The molecule has 0 fully saturated rings. The zero-order valence-electron chi connectivity index (χ0n) is 10.8. The lowest BCUT2D eigenvalue weighted by Gasteiger charge is -2.29. The summed E-state index contributed by atoms with van der Waals surface area (Å²) in [5.74, 6) is 0.595. The van der Waals surface area contributed by atoms with E-state index in [1.807, 2.05) is 18.3 Å². The van der Waals surface area contributed by atoms with E-state index >= 15 is 0 Å². The van der Waals surface area contributed by atoms with Gasteiger partial charge < -0.3 is 9.55 Å². The molecular weight excluding hydrogens is 230 g/mol. The summed E-state index contributed by atoms with van der Waals surface area (Å²) in [5, 5.41) is 0. The number of aromatic amines is 1. The Morgan fingerprint density at radius 2 is 2.18 bits per heavy atom. The minimum atomic E-state index is 0.199. The summed E-state index contributed by atoms with van der Waals surface area (Å²) in [7, 11) is 0. The van der Waals surface area contributed by atoms with Gasteiger partial charge in [-0.15, -0.1) is 0 Å². The fourth-order valence-electron chi connectivity index (χ4n) is 1.73. The topological polar surface area (TPSA) is 33.6 Å². The van der Waals surface area contributed by atoms with Gasteiger partial charge in [-0.3, -0.25) is 0 Å². The monoisotopic (exact) mass is 249 g/mol. The molecule has 92 valence electrons. The Morgan fingerprint density at radius 1 is 1.47 bits per heavy atom. The van der Waals surface area contributed by atoms with Crippen molar-refractivity contribution >= 4 is 23.4 Å². The van der Waals surface area contributed by atoms with Crippen LogP contribution >= 0.6 is 12.2 Å². The number of H-pyrrole nitrogens is 1. The standard InChI is InChI=1S/C13H19N3S/c1-9(2)13(3,4)8-16-11-10(15-12(16)17)6-5-7-14-11/h5-7,9H,8H2,1-4H3,(H,15,17). The fraction of sp³-hybridized carbons (Fsp3) is 0.538. The molecule has 2 aromatic rings.